The van der Waals surface area contributed by atoms with Crippen LogP contribution in [0.15, 0.2) is 24.3 Å². The van der Waals surface area contributed by atoms with Crippen molar-refractivity contribution in [3.05, 3.63) is 35.4 Å². The van der Waals surface area contributed by atoms with Gasteiger partial charge in [0.15, 0.2) is 0 Å². The van der Waals surface area contributed by atoms with Crippen LogP contribution in [-0.4, -0.2) is 13.2 Å². The fraction of sp³-hybridized carbons (Fsp3) is 0.400. The number of hydrogen-bond donors (Lipinski definition) is 0. The van der Waals surface area contributed by atoms with Crippen molar-refractivity contribution >= 4 is 11.6 Å². The van der Waals surface area contributed by atoms with Gasteiger partial charge in [0, 0.05) is 0 Å². The molecule has 64 valence electrons. The zero-order valence-corrected chi connectivity index (χ0v) is 7.77. The van der Waals surface area contributed by atoms with Crippen LogP contribution in [0.3, 0.4) is 0 Å². The van der Waals surface area contributed by atoms with Gasteiger partial charge in [-0.25, -0.2) is 0 Å². The van der Waals surface area contributed by atoms with Crippen LogP contribution in [0.1, 0.15) is 11.1 Å². The van der Waals surface area contributed by atoms with Crippen molar-refractivity contribution in [3.8, 4) is 0 Å². The fourth-order valence-electron chi connectivity index (χ4n) is 1.30. The minimum absolute atomic E-state index is 0.242. The van der Waals surface area contributed by atoms with E-state index in [9.17, 15) is 0 Å². The Morgan fingerprint density at radius 1 is 1.25 bits per heavy atom. The molecule has 2 heteroatoms. The van der Waals surface area contributed by atoms with Gasteiger partial charge >= 0.3 is 0 Å². The molecular weight excluding hydrogens is 172 g/mol. The van der Waals surface area contributed by atoms with Gasteiger partial charge in [0.25, 0.3) is 0 Å². The van der Waals surface area contributed by atoms with Crippen molar-refractivity contribution in [3.63, 3.8) is 0 Å². The SMILES string of the molecule is Cc1ccc(C2(Cl)COC2)cc1. The number of benzene rings is 1. The molecule has 0 unspecified atom stereocenters. The summed E-state index contributed by atoms with van der Waals surface area (Å²) in [6.07, 6.45) is 0. The van der Waals surface area contributed by atoms with Gasteiger partial charge in [-0.2, -0.15) is 0 Å². The van der Waals surface area contributed by atoms with E-state index in [4.69, 9.17) is 16.3 Å². The number of hydrogen-bond acceptors (Lipinski definition) is 1. The number of rotatable bonds is 1. The summed E-state index contributed by atoms with van der Waals surface area (Å²) in [7, 11) is 0. The largest absolute Gasteiger partial charge is 0.377 e. The molecular formula is C10H11ClO. The molecule has 12 heavy (non-hydrogen) atoms. The van der Waals surface area contributed by atoms with Gasteiger partial charge in [-0.1, -0.05) is 29.8 Å². The Hall–Kier alpha value is -0.530. The Bertz CT molecular complexity index is 274. The molecule has 0 spiro atoms. The van der Waals surface area contributed by atoms with Gasteiger partial charge in [-0.05, 0) is 12.5 Å². The van der Waals surface area contributed by atoms with Crippen molar-refractivity contribution in [2.75, 3.05) is 13.2 Å². The van der Waals surface area contributed by atoms with E-state index >= 15 is 0 Å². The van der Waals surface area contributed by atoms with Crippen LogP contribution in [0.5, 0.6) is 0 Å². The smallest absolute Gasteiger partial charge is 0.116 e. The van der Waals surface area contributed by atoms with Crippen molar-refractivity contribution in [1.29, 1.82) is 0 Å². The van der Waals surface area contributed by atoms with E-state index in [2.05, 4.69) is 31.2 Å². The summed E-state index contributed by atoms with van der Waals surface area (Å²) in [5.41, 5.74) is 2.43. The van der Waals surface area contributed by atoms with Gasteiger partial charge in [-0.15, -0.1) is 11.6 Å². The molecule has 0 N–H and O–H groups in total. The highest BCUT2D eigenvalue weighted by molar-refractivity contribution is 6.24. The molecule has 1 aliphatic heterocycles. The molecule has 0 saturated carbocycles. The maximum Gasteiger partial charge on any atom is 0.116 e. The zero-order chi connectivity index (χ0) is 8.60. The summed E-state index contributed by atoms with van der Waals surface area (Å²) < 4.78 is 5.09. The predicted molar refractivity (Wildman–Crippen MR) is 49.5 cm³/mol. The van der Waals surface area contributed by atoms with Crippen molar-refractivity contribution in [2.45, 2.75) is 11.8 Å². The average molecular weight is 183 g/mol. The van der Waals surface area contributed by atoms with Crippen molar-refractivity contribution < 1.29 is 4.74 Å². The molecule has 0 aromatic heterocycles. The molecule has 0 amide bonds. The zero-order valence-electron chi connectivity index (χ0n) is 7.01. The quantitative estimate of drug-likeness (QED) is 0.607. The highest BCUT2D eigenvalue weighted by Crippen LogP contribution is 2.36. The lowest BCUT2D eigenvalue weighted by Gasteiger charge is -2.35. The van der Waals surface area contributed by atoms with Gasteiger partial charge in [-0.3, -0.25) is 0 Å². The molecule has 0 atom stereocenters. The molecule has 1 fully saturated rings. The lowest BCUT2D eigenvalue weighted by Crippen LogP contribution is -2.41. The summed E-state index contributed by atoms with van der Waals surface area (Å²) in [4.78, 5) is -0.242. The van der Waals surface area contributed by atoms with Crippen LogP contribution >= 0.6 is 11.6 Å². The molecule has 1 aromatic carbocycles. The van der Waals surface area contributed by atoms with E-state index in [1.165, 1.54) is 11.1 Å². The summed E-state index contributed by atoms with van der Waals surface area (Å²) >= 11 is 6.26. The van der Waals surface area contributed by atoms with E-state index in [0.29, 0.717) is 13.2 Å². The van der Waals surface area contributed by atoms with Crippen LogP contribution < -0.4 is 0 Å². The molecule has 0 aliphatic carbocycles. The Balaban J connectivity index is 2.28. The third kappa shape index (κ3) is 1.23. The maximum absolute atomic E-state index is 6.26. The van der Waals surface area contributed by atoms with E-state index in [0.717, 1.165) is 0 Å². The second kappa shape index (κ2) is 2.75. The lowest BCUT2D eigenvalue weighted by molar-refractivity contribution is -0.0152. The first kappa shape index (κ1) is 8.09. The maximum atomic E-state index is 6.26. The normalized spacial score (nSPS) is 20.2. The second-order valence-corrected chi connectivity index (χ2v) is 4.05. The van der Waals surface area contributed by atoms with Crippen LogP contribution in [0.2, 0.25) is 0 Å². The van der Waals surface area contributed by atoms with Crippen LogP contribution in [0.25, 0.3) is 0 Å². The van der Waals surface area contributed by atoms with Gasteiger partial charge in [0.2, 0.25) is 0 Å². The van der Waals surface area contributed by atoms with Gasteiger partial charge in [0.05, 0.1) is 13.2 Å². The predicted octanol–water partition coefficient (Wildman–Crippen LogP) is 2.46. The Labute approximate surface area is 77.3 Å². The Morgan fingerprint density at radius 3 is 2.25 bits per heavy atom. The van der Waals surface area contributed by atoms with Crippen LogP contribution in [0.4, 0.5) is 0 Å². The minimum atomic E-state index is -0.242. The standard InChI is InChI=1S/C10H11ClO/c1-8-2-4-9(5-3-8)10(11)6-12-7-10/h2-5H,6-7H2,1H3. The fourth-order valence-corrected chi connectivity index (χ4v) is 1.58. The van der Waals surface area contributed by atoms with E-state index in [1.54, 1.807) is 0 Å². The second-order valence-electron chi connectivity index (χ2n) is 3.32. The first-order valence-corrected chi connectivity index (χ1v) is 4.42. The number of ether oxygens (including phenoxy) is 1. The molecule has 1 saturated heterocycles. The Morgan fingerprint density at radius 2 is 1.83 bits per heavy atom. The molecule has 1 heterocycles. The minimum Gasteiger partial charge on any atom is -0.377 e. The van der Waals surface area contributed by atoms with Crippen LogP contribution in [0, 0.1) is 6.92 Å². The van der Waals surface area contributed by atoms with Crippen molar-refractivity contribution in [2.24, 2.45) is 0 Å². The topological polar surface area (TPSA) is 9.23 Å². The highest BCUT2D eigenvalue weighted by atomic mass is 35.5. The first-order chi connectivity index (χ1) is 5.71. The molecule has 2 rings (SSSR count). The number of aryl methyl sites for hydroxylation is 1. The van der Waals surface area contributed by atoms with Crippen molar-refractivity contribution in [1.82, 2.24) is 0 Å². The summed E-state index contributed by atoms with van der Waals surface area (Å²) in [6.45, 7) is 3.34. The summed E-state index contributed by atoms with van der Waals surface area (Å²) in [5.74, 6) is 0. The van der Waals surface area contributed by atoms with Gasteiger partial charge in [0.1, 0.15) is 4.87 Å². The van der Waals surface area contributed by atoms with E-state index in [-0.39, 0.29) is 4.87 Å². The van der Waals surface area contributed by atoms with E-state index in [1.807, 2.05) is 0 Å². The van der Waals surface area contributed by atoms with Crippen LogP contribution in [-0.2, 0) is 9.61 Å². The van der Waals surface area contributed by atoms with Gasteiger partial charge < -0.3 is 4.74 Å². The molecule has 1 aliphatic rings. The third-order valence-corrected chi connectivity index (χ3v) is 2.67. The third-order valence-electron chi connectivity index (χ3n) is 2.23. The number of halogens is 1. The summed E-state index contributed by atoms with van der Waals surface area (Å²) in [6, 6.07) is 8.31. The monoisotopic (exact) mass is 182 g/mol. The first-order valence-electron chi connectivity index (χ1n) is 4.04. The Kier molecular flexibility index (Phi) is 1.85. The highest BCUT2D eigenvalue weighted by Gasteiger charge is 2.37. The average Bonchev–Trinajstić information content (AvgIpc) is 2.02. The molecule has 1 nitrogen and oxygen atoms in total. The molecule has 0 bridgehead atoms. The number of alkyl halides is 1. The summed E-state index contributed by atoms with van der Waals surface area (Å²) in [5, 5.41) is 0. The molecule has 0 radical (unpaired) electrons. The molecule has 1 aromatic rings. The lowest BCUT2D eigenvalue weighted by atomic mass is 9.96. The van der Waals surface area contributed by atoms with E-state index < -0.39 is 0 Å².